The maximum Gasteiger partial charge on any atom is 0.246 e. The zero-order valence-electron chi connectivity index (χ0n) is 10.3. The van der Waals surface area contributed by atoms with Crippen LogP contribution in [0.1, 0.15) is 52.4 Å². The Balaban J connectivity index is 2.49. The second-order valence-electron chi connectivity index (χ2n) is 4.48. The average molecular weight is 226 g/mol. The highest BCUT2D eigenvalue weighted by atomic mass is 16.2. The molecule has 0 aliphatic carbocycles. The quantitative estimate of drug-likeness (QED) is 0.531. The molecule has 0 aromatic rings. The molecule has 0 aromatic heterocycles. The van der Waals surface area contributed by atoms with Crippen LogP contribution in [0.3, 0.4) is 0 Å². The minimum Gasteiger partial charge on any atom is -0.295 e. The summed E-state index contributed by atoms with van der Waals surface area (Å²) in [5, 5.41) is 5.52. The summed E-state index contributed by atoms with van der Waals surface area (Å²) in [5.41, 5.74) is -0.512. The molecule has 4 heteroatoms. The number of rotatable bonds is 6. The number of hydrogen-bond donors (Lipinski definition) is 2. The lowest BCUT2D eigenvalue weighted by Crippen LogP contribution is -2.64. The molecule has 0 saturated carbocycles. The van der Waals surface area contributed by atoms with Crippen LogP contribution in [0, 0.1) is 0 Å². The van der Waals surface area contributed by atoms with Gasteiger partial charge in [-0.05, 0) is 12.8 Å². The van der Waals surface area contributed by atoms with E-state index in [2.05, 4.69) is 17.6 Å². The zero-order chi connectivity index (χ0) is 12.0. The fourth-order valence-corrected chi connectivity index (χ4v) is 2.14. The molecule has 1 rings (SSSR count). The van der Waals surface area contributed by atoms with E-state index in [0.717, 1.165) is 25.7 Å². The van der Waals surface area contributed by atoms with Crippen LogP contribution in [0.4, 0.5) is 0 Å². The maximum absolute atomic E-state index is 11.8. The van der Waals surface area contributed by atoms with Crippen LogP contribution in [-0.2, 0) is 9.59 Å². The Hall–Kier alpha value is -0.900. The van der Waals surface area contributed by atoms with E-state index in [1.807, 2.05) is 6.92 Å². The molecule has 0 bridgehead atoms. The van der Waals surface area contributed by atoms with Gasteiger partial charge in [0.15, 0.2) is 0 Å². The molecule has 1 unspecified atom stereocenters. The lowest BCUT2D eigenvalue weighted by molar-refractivity contribution is -0.138. The number of nitrogens with one attached hydrogen (secondary N) is 2. The van der Waals surface area contributed by atoms with E-state index in [4.69, 9.17) is 0 Å². The zero-order valence-corrected chi connectivity index (χ0v) is 10.3. The monoisotopic (exact) mass is 226 g/mol. The maximum atomic E-state index is 11.8. The van der Waals surface area contributed by atoms with Gasteiger partial charge in [0.2, 0.25) is 11.8 Å². The minimum atomic E-state index is -0.512. The number of unbranched alkanes of at least 4 members (excludes halogenated alkanes) is 3. The Morgan fingerprint density at radius 2 is 1.94 bits per heavy atom. The van der Waals surface area contributed by atoms with E-state index >= 15 is 0 Å². The summed E-state index contributed by atoms with van der Waals surface area (Å²) in [4.78, 5) is 22.9. The summed E-state index contributed by atoms with van der Waals surface area (Å²) in [7, 11) is 0. The Morgan fingerprint density at radius 1 is 1.19 bits per heavy atom. The van der Waals surface area contributed by atoms with Crippen LogP contribution >= 0.6 is 0 Å². The molecule has 1 saturated heterocycles. The third kappa shape index (κ3) is 3.04. The van der Waals surface area contributed by atoms with Gasteiger partial charge in [0.25, 0.3) is 0 Å². The van der Waals surface area contributed by atoms with Gasteiger partial charge in [-0.2, -0.15) is 0 Å². The van der Waals surface area contributed by atoms with Gasteiger partial charge in [-0.1, -0.05) is 39.5 Å². The van der Waals surface area contributed by atoms with Crippen molar-refractivity contribution in [3.05, 3.63) is 0 Å². The van der Waals surface area contributed by atoms with Crippen molar-refractivity contribution in [2.75, 3.05) is 6.54 Å². The smallest absolute Gasteiger partial charge is 0.246 e. The molecule has 1 aliphatic rings. The molecular formula is C12H22N2O2. The summed E-state index contributed by atoms with van der Waals surface area (Å²) in [5.74, 6) is -0.370. The van der Waals surface area contributed by atoms with E-state index in [-0.39, 0.29) is 18.4 Å². The predicted molar refractivity (Wildman–Crippen MR) is 62.9 cm³/mol. The molecule has 16 heavy (non-hydrogen) atoms. The predicted octanol–water partition coefficient (Wildman–Crippen LogP) is 1.35. The van der Waals surface area contributed by atoms with Crippen molar-refractivity contribution in [2.45, 2.75) is 57.9 Å². The van der Waals surface area contributed by atoms with Crippen molar-refractivity contribution >= 4 is 11.8 Å². The molecule has 1 fully saturated rings. The van der Waals surface area contributed by atoms with Crippen molar-refractivity contribution in [3.8, 4) is 0 Å². The average Bonchev–Trinajstić information content (AvgIpc) is 2.28. The summed E-state index contributed by atoms with van der Waals surface area (Å²) < 4.78 is 0. The van der Waals surface area contributed by atoms with Crippen LogP contribution in [-0.4, -0.2) is 23.9 Å². The first-order valence-electron chi connectivity index (χ1n) is 6.24. The van der Waals surface area contributed by atoms with Gasteiger partial charge < -0.3 is 0 Å². The lowest BCUT2D eigenvalue weighted by Gasteiger charge is -2.35. The third-order valence-electron chi connectivity index (χ3n) is 3.34. The van der Waals surface area contributed by atoms with Crippen molar-refractivity contribution in [2.24, 2.45) is 0 Å². The normalized spacial score (nSPS) is 25.6. The topological polar surface area (TPSA) is 58.2 Å². The standard InChI is InChI=1S/C12H22N2O2/c1-3-5-6-7-8-12(4-2)11(16)14-10(15)9-13-12/h13H,3-9H2,1-2H3,(H,14,15,16). The largest absolute Gasteiger partial charge is 0.295 e. The van der Waals surface area contributed by atoms with Gasteiger partial charge in [0.1, 0.15) is 0 Å². The first-order chi connectivity index (χ1) is 7.64. The minimum absolute atomic E-state index is 0.150. The van der Waals surface area contributed by atoms with Gasteiger partial charge in [-0.25, -0.2) is 0 Å². The molecule has 92 valence electrons. The summed E-state index contributed by atoms with van der Waals surface area (Å²) in [6.07, 6.45) is 6.15. The summed E-state index contributed by atoms with van der Waals surface area (Å²) in [6, 6.07) is 0. The Kier molecular flexibility index (Phi) is 4.93. The lowest BCUT2D eigenvalue weighted by atomic mass is 9.87. The molecule has 0 aromatic carbocycles. The van der Waals surface area contributed by atoms with Crippen molar-refractivity contribution in [1.29, 1.82) is 0 Å². The van der Waals surface area contributed by atoms with Crippen molar-refractivity contribution < 1.29 is 9.59 Å². The van der Waals surface area contributed by atoms with Gasteiger partial charge >= 0.3 is 0 Å². The number of carbonyl (C=O) groups is 2. The van der Waals surface area contributed by atoms with Gasteiger partial charge in [-0.15, -0.1) is 0 Å². The molecular weight excluding hydrogens is 204 g/mol. The van der Waals surface area contributed by atoms with E-state index in [1.165, 1.54) is 12.8 Å². The number of hydrogen-bond acceptors (Lipinski definition) is 3. The second-order valence-corrected chi connectivity index (χ2v) is 4.48. The van der Waals surface area contributed by atoms with Gasteiger partial charge in [0, 0.05) is 0 Å². The Bertz CT molecular complexity index is 266. The van der Waals surface area contributed by atoms with Crippen LogP contribution < -0.4 is 10.6 Å². The van der Waals surface area contributed by atoms with Crippen LogP contribution in [0.25, 0.3) is 0 Å². The molecule has 0 spiro atoms. The Morgan fingerprint density at radius 3 is 2.50 bits per heavy atom. The first-order valence-corrected chi connectivity index (χ1v) is 6.24. The van der Waals surface area contributed by atoms with Crippen molar-refractivity contribution in [3.63, 3.8) is 0 Å². The Labute approximate surface area is 97.2 Å². The summed E-state index contributed by atoms with van der Waals surface area (Å²) >= 11 is 0. The number of carbonyl (C=O) groups excluding carboxylic acids is 2. The van der Waals surface area contributed by atoms with E-state index in [9.17, 15) is 9.59 Å². The molecule has 4 nitrogen and oxygen atoms in total. The third-order valence-corrected chi connectivity index (χ3v) is 3.34. The van der Waals surface area contributed by atoms with Gasteiger partial charge in [0.05, 0.1) is 12.1 Å². The van der Waals surface area contributed by atoms with E-state index in [0.29, 0.717) is 0 Å². The molecule has 2 amide bonds. The molecule has 2 N–H and O–H groups in total. The number of imide groups is 1. The van der Waals surface area contributed by atoms with E-state index in [1.54, 1.807) is 0 Å². The van der Waals surface area contributed by atoms with Crippen LogP contribution in [0.15, 0.2) is 0 Å². The fraction of sp³-hybridized carbons (Fsp3) is 0.833. The first kappa shape index (κ1) is 13.2. The van der Waals surface area contributed by atoms with Crippen LogP contribution in [0.5, 0.6) is 0 Å². The molecule has 1 heterocycles. The molecule has 1 aliphatic heterocycles. The highest BCUT2D eigenvalue weighted by molar-refractivity contribution is 6.03. The molecule has 1 atom stereocenters. The number of piperazine rings is 1. The fourth-order valence-electron chi connectivity index (χ4n) is 2.14. The molecule has 0 radical (unpaired) electrons. The number of amides is 2. The van der Waals surface area contributed by atoms with Crippen molar-refractivity contribution in [1.82, 2.24) is 10.6 Å². The van der Waals surface area contributed by atoms with Crippen LogP contribution in [0.2, 0.25) is 0 Å². The summed E-state index contributed by atoms with van der Waals surface area (Å²) in [6.45, 7) is 4.41. The van der Waals surface area contributed by atoms with Gasteiger partial charge in [-0.3, -0.25) is 20.2 Å². The second kappa shape index (κ2) is 5.99. The highest BCUT2D eigenvalue weighted by Gasteiger charge is 2.39. The SMILES string of the molecule is CCCCCCC1(CC)NCC(=O)NC1=O. The highest BCUT2D eigenvalue weighted by Crippen LogP contribution is 2.21. The van der Waals surface area contributed by atoms with E-state index < -0.39 is 5.54 Å².